The second-order valence-electron chi connectivity index (χ2n) is 10.1. The summed E-state index contributed by atoms with van der Waals surface area (Å²) in [7, 11) is 4.76. The van der Waals surface area contributed by atoms with Gasteiger partial charge >= 0.3 is 17.9 Å². The van der Waals surface area contributed by atoms with Gasteiger partial charge in [0.05, 0.1) is 27.9 Å². The Morgan fingerprint density at radius 1 is 0.930 bits per heavy atom. The number of esters is 1. The zero-order valence-electron chi connectivity index (χ0n) is 25.3. The summed E-state index contributed by atoms with van der Waals surface area (Å²) in [4.78, 5) is 60.1. The number of carbonyl (C=O) groups is 5. The zero-order valence-corrected chi connectivity index (χ0v) is 25.3. The van der Waals surface area contributed by atoms with E-state index in [0.29, 0.717) is 56.4 Å². The van der Waals surface area contributed by atoms with Crippen molar-refractivity contribution in [1.82, 2.24) is 15.1 Å². The molecule has 43 heavy (non-hydrogen) atoms. The standard InChI is InChI=1S/C26H39N3O8.C2H2O4/c1-7-36-26(32)23-22(37-23)24(30)27-18(14-16(2)3)25(31)29-12-10-28(11-13-29)15-17-8-9-19(33-4)21(35-6)20(17)34-5;3-1(4)2(5)6/h8-9,16,18,22-23H,7,10-15H2,1-6H3,(H,27,30);(H,3,4)(H,5,6)/t18-,22+,23+;/m0./s1. The second-order valence-corrected chi connectivity index (χ2v) is 10.1. The van der Waals surface area contributed by atoms with Crippen molar-refractivity contribution in [2.24, 2.45) is 5.92 Å². The van der Waals surface area contributed by atoms with Gasteiger partial charge in [0.15, 0.2) is 23.7 Å². The average Bonchev–Trinajstić information content (AvgIpc) is 3.78. The largest absolute Gasteiger partial charge is 0.493 e. The highest BCUT2D eigenvalue weighted by molar-refractivity contribution is 6.27. The van der Waals surface area contributed by atoms with Gasteiger partial charge in [-0.3, -0.25) is 14.5 Å². The number of nitrogens with one attached hydrogen (secondary N) is 1. The molecule has 0 bridgehead atoms. The summed E-state index contributed by atoms with van der Waals surface area (Å²) in [5.74, 6) is -2.83. The zero-order chi connectivity index (χ0) is 32.3. The quantitative estimate of drug-likeness (QED) is 0.167. The lowest BCUT2D eigenvalue weighted by Crippen LogP contribution is -2.55. The number of piperazine rings is 1. The SMILES string of the molecule is CCOC(=O)[C@@H]1O[C@H]1C(=O)N[C@@H](CC(C)C)C(=O)N1CCN(Cc2ccc(OC)c(OC)c2OC)CC1.O=C(O)C(=O)O. The van der Waals surface area contributed by atoms with Gasteiger partial charge in [-0.05, 0) is 25.3 Å². The molecule has 2 saturated heterocycles. The third-order valence-electron chi connectivity index (χ3n) is 6.64. The lowest BCUT2D eigenvalue weighted by molar-refractivity contribution is -0.159. The summed E-state index contributed by atoms with van der Waals surface area (Å²) in [5, 5.41) is 17.6. The number of carbonyl (C=O) groups excluding carboxylic acids is 3. The number of carboxylic acids is 2. The number of rotatable bonds is 12. The molecule has 0 saturated carbocycles. The first kappa shape index (κ1) is 35.1. The average molecular weight is 612 g/mol. The summed E-state index contributed by atoms with van der Waals surface area (Å²) in [6, 6.07) is 3.12. The Morgan fingerprint density at radius 2 is 1.53 bits per heavy atom. The van der Waals surface area contributed by atoms with Crippen LogP contribution >= 0.6 is 0 Å². The van der Waals surface area contributed by atoms with E-state index >= 15 is 0 Å². The second kappa shape index (κ2) is 16.5. The number of methoxy groups -OCH3 is 3. The number of hydrogen-bond acceptors (Lipinski definition) is 11. The minimum atomic E-state index is -1.82. The van der Waals surface area contributed by atoms with Crippen molar-refractivity contribution in [3.05, 3.63) is 17.7 Å². The molecule has 2 heterocycles. The number of epoxide rings is 1. The van der Waals surface area contributed by atoms with Crippen molar-refractivity contribution >= 4 is 29.7 Å². The monoisotopic (exact) mass is 611 g/mol. The molecule has 1 aromatic carbocycles. The van der Waals surface area contributed by atoms with E-state index in [-0.39, 0.29) is 18.4 Å². The van der Waals surface area contributed by atoms with E-state index in [1.54, 1.807) is 33.2 Å². The molecule has 15 nitrogen and oxygen atoms in total. The van der Waals surface area contributed by atoms with Crippen molar-refractivity contribution in [3.8, 4) is 17.2 Å². The van der Waals surface area contributed by atoms with Gasteiger partial charge in [-0.25, -0.2) is 14.4 Å². The maximum Gasteiger partial charge on any atom is 0.414 e. The van der Waals surface area contributed by atoms with Crippen LogP contribution in [0, 0.1) is 5.92 Å². The number of benzene rings is 1. The highest BCUT2D eigenvalue weighted by Gasteiger charge is 2.52. The fourth-order valence-corrected chi connectivity index (χ4v) is 4.54. The Balaban J connectivity index is 0.000000973. The van der Waals surface area contributed by atoms with Crippen molar-refractivity contribution < 1.29 is 57.9 Å². The summed E-state index contributed by atoms with van der Waals surface area (Å²) >= 11 is 0. The van der Waals surface area contributed by atoms with E-state index in [2.05, 4.69) is 10.2 Å². The molecule has 2 fully saturated rings. The Hall–Kier alpha value is -4.11. The highest BCUT2D eigenvalue weighted by atomic mass is 16.6. The summed E-state index contributed by atoms with van der Waals surface area (Å²) < 4.78 is 26.6. The molecule has 15 heteroatoms. The molecule has 0 radical (unpaired) electrons. The normalized spacial score (nSPS) is 18.4. The maximum absolute atomic E-state index is 13.4. The van der Waals surface area contributed by atoms with Gasteiger partial charge in [-0.15, -0.1) is 0 Å². The molecule has 0 unspecified atom stereocenters. The van der Waals surface area contributed by atoms with E-state index in [0.717, 1.165) is 5.56 Å². The highest BCUT2D eigenvalue weighted by Crippen LogP contribution is 2.40. The van der Waals surface area contributed by atoms with Gasteiger partial charge in [-0.1, -0.05) is 19.9 Å². The molecule has 0 aliphatic carbocycles. The van der Waals surface area contributed by atoms with Crippen LogP contribution in [-0.4, -0.2) is 122 Å². The minimum Gasteiger partial charge on any atom is -0.493 e. The topological polar surface area (TPSA) is 194 Å². The number of ether oxygens (including phenoxy) is 5. The lowest BCUT2D eigenvalue weighted by Gasteiger charge is -2.37. The predicted molar refractivity (Wildman–Crippen MR) is 150 cm³/mol. The van der Waals surface area contributed by atoms with E-state index in [1.165, 1.54) is 0 Å². The molecule has 3 atom stereocenters. The molecule has 240 valence electrons. The number of hydrogen-bond donors (Lipinski definition) is 3. The van der Waals surface area contributed by atoms with E-state index in [4.69, 9.17) is 43.5 Å². The molecule has 3 N–H and O–H groups in total. The van der Waals surface area contributed by atoms with Gasteiger partial charge in [-0.2, -0.15) is 0 Å². The van der Waals surface area contributed by atoms with Crippen LogP contribution in [-0.2, 0) is 40.0 Å². The van der Waals surface area contributed by atoms with E-state index < -0.39 is 42.1 Å². The van der Waals surface area contributed by atoms with Crippen molar-refractivity contribution in [2.75, 3.05) is 54.1 Å². The lowest BCUT2D eigenvalue weighted by atomic mass is 10.0. The first-order valence-electron chi connectivity index (χ1n) is 13.8. The maximum atomic E-state index is 13.4. The van der Waals surface area contributed by atoms with Gasteiger partial charge in [0, 0.05) is 38.3 Å². The molecule has 2 amide bonds. The molecule has 1 aromatic rings. The van der Waals surface area contributed by atoms with Gasteiger partial charge < -0.3 is 44.1 Å². The third-order valence-corrected chi connectivity index (χ3v) is 6.64. The fourth-order valence-electron chi connectivity index (χ4n) is 4.54. The van der Waals surface area contributed by atoms with Crippen LogP contribution in [0.4, 0.5) is 0 Å². The number of carboxylic acid groups (broad SMARTS) is 2. The molecule has 0 aromatic heterocycles. The fraction of sp³-hybridized carbons (Fsp3) is 0.607. The van der Waals surface area contributed by atoms with Crippen molar-refractivity contribution in [1.29, 1.82) is 0 Å². The van der Waals surface area contributed by atoms with Crippen molar-refractivity contribution in [3.63, 3.8) is 0 Å². The minimum absolute atomic E-state index is 0.126. The molecular formula is C28H41N3O12. The Labute approximate surface area is 249 Å². The molecule has 2 aliphatic heterocycles. The van der Waals surface area contributed by atoms with Crippen LogP contribution < -0.4 is 19.5 Å². The summed E-state index contributed by atoms with van der Waals surface area (Å²) in [6.07, 6.45) is -1.31. The Kier molecular flexibility index (Phi) is 13.5. The van der Waals surface area contributed by atoms with Crippen molar-refractivity contribution in [2.45, 2.75) is 52.0 Å². The number of amides is 2. The molecular weight excluding hydrogens is 570 g/mol. The summed E-state index contributed by atoms with van der Waals surface area (Å²) in [5.41, 5.74) is 0.963. The first-order valence-corrected chi connectivity index (χ1v) is 13.8. The van der Waals surface area contributed by atoms with Gasteiger partial charge in [0.25, 0.3) is 5.91 Å². The third kappa shape index (κ3) is 9.99. The van der Waals surface area contributed by atoms with Crippen LogP contribution in [0.5, 0.6) is 17.2 Å². The van der Waals surface area contributed by atoms with E-state index in [1.807, 2.05) is 26.0 Å². The van der Waals surface area contributed by atoms with Gasteiger partial charge in [0.2, 0.25) is 11.7 Å². The number of nitrogens with zero attached hydrogens (tertiary/aromatic N) is 2. The molecule has 0 spiro atoms. The van der Waals surface area contributed by atoms with Crippen LogP contribution in [0.2, 0.25) is 0 Å². The Morgan fingerprint density at radius 3 is 2.02 bits per heavy atom. The van der Waals surface area contributed by atoms with Crippen LogP contribution in [0.1, 0.15) is 32.8 Å². The molecule has 3 rings (SSSR count). The van der Waals surface area contributed by atoms with Crippen LogP contribution in [0.3, 0.4) is 0 Å². The van der Waals surface area contributed by atoms with Gasteiger partial charge in [0.1, 0.15) is 6.04 Å². The number of aliphatic carboxylic acids is 2. The first-order chi connectivity index (χ1) is 20.4. The Bertz CT molecular complexity index is 1140. The summed E-state index contributed by atoms with van der Waals surface area (Å²) in [6.45, 7) is 8.93. The predicted octanol–water partition coefficient (Wildman–Crippen LogP) is 0.374. The smallest absolute Gasteiger partial charge is 0.414 e. The molecule has 2 aliphatic rings. The van der Waals surface area contributed by atoms with Crippen LogP contribution in [0.25, 0.3) is 0 Å². The van der Waals surface area contributed by atoms with E-state index in [9.17, 15) is 14.4 Å². The van der Waals surface area contributed by atoms with Crippen LogP contribution in [0.15, 0.2) is 12.1 Å².